The number of aliphatic hydroxyl groups is 1. The molecule has 2 aromatic carbocycles. The van der Waals surface area contributed by atoms with E-state index in [-0.39, 0.29) is 24.4 Å². The smallest absolute Gasteiger partial charge is 0.253 e. The molecule has 6 heteroatoms. The molecular weight excluding hydrogens is 422 g/mol. The predicted octanol–water partition coefficient (Wildman–Crippen LogP) is 4.56. The average molecular weight is 456 g/mol. The third kappa shape index (κ3) is 5.52. The molecule has 1 aliphatic heterocycles. The normalized spacial score (nSPS) is 15.5. The second-order valence-electron chi connectivity index (χ2n) is 9.27. The number of carbonyl (C=O) groups is 1. The Morgan fingerprint density at radius 3 is 2.50 bits per heavy atom. The van der Waals surface area contributed by atoms with Crippen LogP contribution in [0.25, 0.3) is 10.9 Å². The SMILES string of the molecule is Cc1[nH]c2ccc(C(C)(C)O)cc2c1C(=O)NC1CCN(CCc2ccccc2)CC1.Cl. The Kier molecular flexibility index (Phi) is 7.65. The van der Waals surface area contributed by atoms with Crippen molar-refractivity contribution in [2.75, 3.05) is 19.6 Å². The molecule has 3 aromatic rings. The molecule has 0 aliphatic carbocycles. The van der Waals surface area contributed by atoms with Crippen LogP contribution < -0.4 is 5.32 Å². The number of rotatable bonds is 6. The standard InChI is InChI=1S/C26H33N3O2.ClH/c1-18-24(22-17-20(26(2,3)31)9-10-23(22)27-18)25(30)28-21-12-15-29(16-13-21)14-11-19-7-5-4-6-8-19;/h4-10,17,21,27,31H,11-16H2,1-3H3,(H,28,30);1H. The second kappa shape index (κ2) is 10.1. The first-order chi connectivity index (χ1) is 14.8. The molecule has 0 radical (unpaired) electrons. The zero-order chi connectivity index (χ0) is 22.0. The van der Waals surface area contributed by atoms with Crippen molar-refractivity contribution in [3.05, 3.63) is 70.9 Å². The number of aromatic amines is 1. The number of benzene rings is 2. The maximum atomic E-state index is 13.2. The van der Waals surface area contributed by atoms with Gasteiger partial charge in [-0.3, -0.25) is 4.79 Å². The number of H-pyrrole nitrogens is 1. The molecule has 0 spiro atoms. The number of piperidine rings is 1. The van der Waals surface area contributed by atoms with Crippen LogP contribution >= 0.6 is 12.4 Å². The van der Waals surface area contributed by atoms with Crippen molar-refractivity contribution in [2.45, 2.75) is 51.7 Å². The van der Waals surface area contributed by atoms with Gasteiger partial charge >= 0.3 is 0 Å². The van der Waals surface area contributed by atoms with E-state index in [4.69, 9.17) is 0 Å². The summed E-state index contributed by atoms with van der Waals surface area (Å²) in [6.07, 6.45) is 3.00. The van der Waals surface area contributed by atoms with E-state index in [2.05, 4.69) is 45.5 Å². The van der Waals surface area contributed by atoms with Gasteiger partial charge in [-0.1, -0.05) is 36.4 Å². The van der Waals surface area contributed by atoms with E-state index in [1.807, 2.05) is 25.1 Å². The maximum Gasteiger partial charge on any atom is 0.253 e. The lowest BCUT2D eigenvalue weighted by molar-refractivity contribution is 0.0786. The Morgan fingerprint density at radius 2 is 1.84 bits per heavy atom. The minimum atomic E-state index is -0.945. The van der Waals surface area contributed by atoms with Crippen molar-refractivity contribution in [3.63, 3.8) is 0 Å². The van der Waals surface area contributed by atoms with Gasteiger partial charge in [-0.25, -0.2) is 0 Å². The number of nitrogens with one attached hydrogen (secondary N) is 2. The van der Waals surface area contributed by atoms with Gasteiger partial charge < -0.3 is 20.3 Å². The number of fused-ring (bicyclic) bond motifs is 1. The van der Waals surface area contributed by atoms with Gasteiger partial charge in [0, 0.05) is 42.3 Å². The van der Waals surface area contributed by atoms with Gasteiger partial charge in [0.15, 0.2) is 0 Å². The third-order valence-corrected chi connectivity index (χ3v) is 6.40. The summed E-state index contributed by atoms with van der Waals surface area (Å²) < 4.78 is 0. The fraction of sp³-hybridized carbons (Fsp3) is 0.423. The summed E-state index contributed by atoms with van der Waals surface area (Å²) in [5.74, 6) is -0.0284. The number of likely N-dealkylation sites (tertiary alicyclic amines) is 1. The van der Waals surface area contributed by atoms with Crippen molar-refractivity contribution in [1.29, 1.82) is 0 Å². The van der Waals surface area contributed by atoms with Crippen molar-refractivity contribution in [2.24, 2.45) is 0 Å². The van der Waals surface area contributed by atoms with E-state index >= 15 is 0 Å². The number of hydrogen-bond donors (Lipinski definition) is 3. The van der Waals surface area contributed by atoms with E-state index in [1.54, 1.807) is 13.8 Å². The topological polar surface area (TPSA) is 68.4 Å². The monoisotopic (exact) mass is 455 g/mol. The zero-order valence-electron chi connectivity index (χ0n) is 19.1. The van der Waals surface area contributed by atoms with Crippen molar-refractivity contribution in [3.8, 4) is 0 Å². The van der Waals surface area contributed by atoms with E-state index in [0.717, 1.165) is 61.1 Å². The molecule has 4 rings (SSSR count). The molecule has 0 unspecified atom stereocenters. The highest BCUT2D eigenvalue weighted by atomic mass is 35.5. The van der Waals surface area contributed by atoms with Crippen molar-refractivity contribution in [1.82, 2.24) is 15.2 Å². The Bertz CT molecular complexity index is 1050. The van der Waals surface area contributed by atoms with Crippen LogP contribution in [0.15, 0.2) is 48.5 Å². The van der Waals surface area contributed by atoms with Gasteiger partial charge in [-0.15, -0.1) is 12.4 Å². The molecule has 5 nitrogen and oxygen atoms in total. The summed E-state index contributed by atoms with van der Waals surface area (Å²) in [6.45, 7) is 8.54. The molecule has 2 heterocycles. The van der Waals surface area contributed by atoms with Gasteiger partial charge in [-0.2, -0.15) is 0 Å². The molecule has 1 saturated heterocycles. The summed E-state index contributed by atoms with van der Waals surface area (Å²) in [5, 5.41) is 14.5. The summed E-state index contributed by atoms with van der Waals surface area (Å²) in [7, 11) is 0. The van der Waals surface area contributed by atoms with E-state index in [0.29, 0.717) is 5.56 Å². The third-order valence-electron chi connectivity index (χ3n) is 6.40. The number of halogens is 1. The number of nitrogens with zero attached hydrogens (tertiary/aromatic N) is 1. The highest BCUT2D eigenvalue weighted by molar-refractivity contribution is 6.08. The fourth-order valence-corrected chi connectivity index (χ4v) is 4.49. The van der Waals surface area contributed by atoms with E-state index in [1.165, 1.54) is 5.56 Å². The van der Waals surface area contributed by atoms with Crippen LogP contribution in [-0.4, -0.2) is 46.6 Å². The first-order valence-corrected chi connectivity index (χ1v) is 11.2. The number of aromatic nitrogens is 1. The molecule has 172 valence electrons. The molecule has 1 fully saturated rings. The first kappa shape index (κ1) is 24.3. The van der Waals surface area contributed by atoms with Crippen molar-refractivity contribution >= 4 is 29.2 Å². The molecule has 1 aromatic heterocycles. The number of amides is 1. The van der Waals surface area contributed by atoms with Crippen LogP contribution in [0.5, 0.6) is 0 Å². The highest BCUT2D eigenvalue weighted by Crippen LogP contribution is 2.28. The lowest BCUT2D eigenvalue weighted by Gasteiger charge is -2.32. The van der Waals surface area contributed by atoms with Gasteiger partial charge in [-0.05, 0) is 63.3 Å². The predicted molar refractivity (Wildman–Crippen MR) is 133 cm³/mol. The zero-order valence-corrected chi connectivity index (χ0v) is 20.0. The minimum absolute atomic E-state index is 0. The Labute approximate surface area is 196 Å². The van der Waals surface area contributed by atoms with E-state index in [9.17, 15) is 9.90 Å². The molecule has 0 bridgehead atoms. The van der Waals surface area contributed by atoms with Crippen LogP contribution in [0, 0.1) is 6.92 Å². The lowest BCUT2D eigenvalue weighted by atomic mass is 9.96. The summed E-state index contributed by atoms with van der Waals surface area (Å²) in [6, 6.07) is 16.6. The van der Waals surface area contributed by atoms with Gasteiger partial charge in [0.25, 0.3) is 5.91 Å². The number of carbonyl (C=O) groups excluding carboxylic acids is 1. The molecule has 32 heavy (non-hydrogen) atoms. The average Bonchev–Trinajstić information content (AvgIpc) is 3.08. The Morgan fingerprint density at radius 1 is 1.16 bits per heavy atom. The Balaban J connectivity index is 0.00000289. The summed E-state index contributed by atoms with van der Waals surface area (Å²) in [4.78, 5) is 19.0. The maximum absolute atomic E-state index is 13.2. The highest BCUT2D eigenvalue weighted by Gasteiger charge is 2.24. The van der Waals surface area contributed by atoms with Crippen LogP contribution in [0.3, 0.4) is 0 Å². The van der Waals surface area contributed by atoms with Gasteiger partial charge in [0.1, 0.15) is 0 Å². The minimum Gasteiger partial charge on any atom is -0.386 e. The molecule has 1 amide bonds. The second-order valence-corrected chi connectivity index (χ2v) is 9.27. The van der Waals surface area contributed by atoms with Crippen LogP contribution in [-0.2, 0) is 12.0 Å². The number of hydrogen-bond acceptors (Lipinski definition) is 3. The molecular formula is C26H34ClN3O2. The van der Waals surface area contributed by atoms with Crippen LogP contribution in [0.1, 0.15) is 53.9 Å². The van der Waals surface area contributed by atoms with Gasteiger partial charge in [0.2, 0.25) is 0 Å². The summed E-state index contributed by atoms with van der Waals surface area (Å²) >= 11 is 0. The molecule has 0 saturated carbocycles. The molecule has 3 N–H and O–H groups in total. The summed E-state index contributed by atoms with van der Waals surface area (Å²) in [5.41, 5.74) is 3.71. The Hall–Kier alpha value is -2.34. The van der Waals surface area contributed by atoms with Crippen LogP contribution in [0.2, 0.25) is 0 Å². The molecule has 1 aliphatic rings. The lowest BCUT2D eigenvalue weighted by Crippen LogP contribution is -2.45. The van der Waals surface area contributed by atoms with Crippen molar-refractivity contribution < 1.29 is 9.90 Å². The largest absolute Gasteiger partial charge is 0.386 e. The quantitative estimate of drug-likeness (QED) is 0.510. The number of aryl methyl sites for hydroxylation is 1. The molecule has 0 atom stereocenters. The van der Waals surface area contributed by atoms with Crippen LogP contribution in [0.4, 0.5) is 0 Å². The fourth-order valence-electron chi connectivity index (χ4n) is 4.49. The van der Waals surface area contributed by atoms with Gasteiger partial charge in [0.05, 0.1) is 11.2 Å². The first-order valence-electron chi connectivity index (χ1n) is 11.2. The van der Waals surface area contributed by atoms with E-state index < -0.39 is 5.60 Å².